The van der Waals surface area contributed by atoms with E-state index in [0.29, 0.717) is 0 Å². The fourth-order valence-corrected chi connectivity index (χ4v) is 1.64. The normalized spacial score (nSPS) is 9.29. The summed E-state index contributed by atoms with van der Waals surface area (Å²) in [7, 11) is 0. The summed E-state index contributed by atoms with van der Waals surface area (Å²) >= 11 is 1.02. The topological polar surface area (TPSA) is 79.0 Å². The third-order valence-electron chi connectivity index (χ3n) is 2.01. The lowest BCUT2D eigenvalue weighted by Gasteiger charge is -2.08. The van der Waals surface area contributed by atoms with Crippen LogP contribution in [0.2, 0.25) is 0 Å². The number of nitrogens with two attached hydrogens (primary N) is 1. The number of carbonyl (C=O) groups excluding carboxylic acids is 1. The maximum absolute atomic E-state index is 11.5. The highest BCUT2D eigenvalue weighted by molar-refractivity contribution is 8.14. The summed E-state index contributed by atoms with van der Waals surface area (Å²) < 4.78 is 0. The number of nitrogens with one attached hydrogen (secondary N) is 2. The van der Waals surface area contributed by atoms with E-state index in [-0.39, 0.29) is 29.2 Å². The molecule has 4 N–H and O–H groups in total. The first-order valence-electron chi connectivity index (χ1n) is 4.83. The van der Waals surface area contributed by atoms with Gasteiger partial charge in [0, 0.05) is 5.69 Å². The van der Waals surface area contributed by atoms with Gasteiger partial charge >= 0.3 is 0 Å². The highest BCUT2D eigenvalue weighted by Gasteiger charge is 2.05. The lowest BCUT2D eigenvalue weighted by Crippen LogP contribution is -2.17. The molecule has 17 heavy (non-hydrogen) atoms. The van der Waals surface area contributed by atoms with E-state index in [1.807, 2.05) is 32.0 Å². The lowest BCUT2D eigenvalue weighted by atomic mass is 10.1. The zero-order valence-electron chi connectivity index (χ0n) is 9.74. The minimum atomic E-state index is -0.146. The van der Waals surface area contributed by atoms with E-state index in [4.69, 9.17) is 11.1 Å². The molecule has 0 saturated carbocycles. The first kappa shape index (κ1) is 15.8. The van der Waals surface area contributed by atoms with Crippen molar-refractivity contribution in [2.24, 2.45) is 5.73 Å². The lowest BCUT2D eigenvalue weighted by molar-refractivity contribution is -0.113. The number of amides is 1. The molecule has 0 unspecified atom stereocenters. The molecule has 1 aromatic rings. The minimum absolute atomic E-state index is 0. The van der Waals surface area contributed by atoms with Gasteiger partial charge in [-0.15, -0.1) is 12.4 Å². The van der Waals surface area contributed by atoms with Crippen LogP contribution in [0.3, 0.4) is 0 Å². The number of carbonyl (C=O) groups is 1. The Kier molecular flexibility index (Phi) is 6.68. The molecule has 0 saturated heterocycles. The second kappa shape index (κ2) is 7.19. The molecule has 0 atom stereocenters. The Hall–Kier alpha value is -1.20. The molecule has 0 heterocycles. The van der Waals surface area contributed by atoms with E-state index in [9.17, 15) is 4.79 Å². The second-order valence-corrected chi connectivity index (χ2v) is 4.54. The second-order valence-electron chi connectivity index (χ2n) is 3.52. The number of amidine groups is 1. The van der Waals surface area contributed by atoms with Crippen LogP contribution in [0, 0.1) is 19.3 Å². The van der Waals surface area contributed by atoms with Crippen LogP contribution < -0.4 is 11.1 Å². The van der Waals surface area contributed by atoms with Crippen LogP contribution in [-0.2, 0) is 4.79 Å². The monoisotopic (exact) mass is 273 g/mol. The summed E-state index contributed by atoms with van der Waals surface area (Å²) in [5, 5.41) is 9.73. The molecule has 0 bridgehead atoms. The molecule has 0 radical (unpaired) electrons. The van der Waals surface area contributed by atoms with Gasteiger partial charge in [0.2, 0.25) is 5.91 Å². The van der Waals surface area contributed by atoms with Crippen LogP contribution in [0.1, 0.15) is 11.1 Å². The van der Waals surface area contributed by atoms with E-state index >= 15 is 0 Å². The number of halogens is 1. The largest absolute Gasteiger partial charge is 0.379 e. The Balaban J connectivity index is 0.00000256. The van der Waals surface area contributed by atoms with Gasteiger partial charge in [-0.3, -0.25) is 10.2 Å². The van der Waals surface area contributed by atoms with Crippen LogP contribution in [0.4, 0.5) is 5.69 Å². The SMILES string of the molecule is Cc1ccc(NC(=O)CSC(=N)N)c(C)c1.Cl. The summed E-state index contributed by atoms with van der Waals surface area (Å²) in [6.07, 6.45) is 0. The molecular weight excluding hydrogens is 258 g/mol. The van der Waals surface area contributed by atoms with Crippen molar-refractivity contribution in [2.75, 3.05) is 11.1 Å². The van der Waals surface area contributed by atoms with Gasteiger partial charge in [-0.25, -0.2) is 0 Å². The van der Waals surface area contributed by atoms with Crippen molar-refractivity contribution in [3.63, 3.8) is 0 Å². The first-order valence-corrected chi connectivity index (χ1v) is 5.81. The van der Waals surface area contributed by atoms with Crippen molar-refractivity contribution in [3.8, 4) is 0 Å². The standard InChI is InChI=1S/C11H15N3OS.ClH/c1-7-3-4-9(8(2)5-7)14-10(15)6-16-11(12)13;/h3-5H,6H2,1-2H3,(H3,12,13)(H,14,15);1H. The fraction of sp³-hybridized carbons (Fsp3) is 0.273. The average Bonchev–Trinajstić information content (AvgIpc) is 2.19. The highest BCUT2D eigenvalue weighted by Crippen LogP contribution is 2.16. The molecule has 0 aliphatic carbocycles. The van der Waals surface area contributed by atoms with Crippen molar-refractivity contribution in [3.05, 3.63) is 29.3 Å². The van der Waals surface area contributed by atoms with Gasteiger partial charge in [0.25, 0.3) is 0 Å². The molecule has 1 rings (SSSR count). The van der Waals surface area contributed by atoms with Crippen LogP contribution in [0.25, 0.3) is 0 Å². The molecular formula is C11H16ClN3OS. The van der Waals surface area contributed by atoms with Gasteiger partial charge in [0.1, 0.15) is 0 Å². The third kappa shape index (κ3) is 5.60. The third-order valence-corrected chi connectivity index (χ3v) is 2.73. The number of thioether (sulfide) groups is 1. The van der Waals surface area contributed by atoms with Gasteiger partial charge in [-0.2, -0.15) is 0 Å². The summed E-state index contributed by atoms with van der Waals surface area (Å²) in [4.78, 5) is 11.5. The van der Waals surface area contributed by atoms with Gasteiger partial charge < -0.3 is 11.1 Å². The van der Waals surface area contributed by atoms with Crippen LogP contribution in [-0.4, -0.2) is 16.8 Å². The number of hydrogen-bond acceptors (Lipinski definition) is 3. The molecule has 94 valence electrons. The van der Waals surface area contributed by atoms with Gasteiger partial charge in [-0.05, 0) is 25.5 Å². The smallest absolute Gasteiger partial charge is 0.234 e. The first-order chi connectivity index (χ1) is 7.49. The van der Waals surface area contributed by atoms with E-state index < -0.39 is 0 Å². The Morgan fingerprint density at radius 3 is 2.65 bits per heavy atom. The molecule has 1 aromatic carbocycles. The van der Waals surface area contributed by atoms with E-state index in [1.54, 1.807) is 0 Å². The summed E-state index contributed by atoms with van der Waals surface area (Å²) in [6, 6.07) is 5.83. The number of aryl methyl sites for hydroxylation is 2. The number of rotatable bonds is 3. The van der Waals surface area contributed by atoms with Crippen LogP contribution in [0.15, 0.2) is 18.2 Å². The highest BCUT2D eigenvalue weighted by atomic mass is 35.5. The van der Waals surface area contributed by atoms with Gasteiger partial charge in [-0.1, -0.05) is 29.5 Å². The van der Waals surface area contributed by atoms with Crippen LogP contribution in [0.5, 0.6) is 0 Å². The quantitative estimate of drug-likeness (QED) is 0.584. The Morgan fingerprint density at radius 1 is 1.47 bits per heavy atom. The molecule has 0 aliphatic heterocycles. The maximum atomic E-state index is 11.5. The minimum Gasteiger partial charge on any atom is -0.379 e. The van der Waals surface area contributed by atoms with Crippen molar-refractivity contribution in [2.45, 2.75) is 13.8 Å². The molecule has 0 aliphatic rings. The predicted molar refractivity (Wildman–Crippen MR) is 76.2 cm³/mol. The summed E-state index contributed by atoms with van der Waals surface area (Å²) in [5.41, 5.74) is 8.15. The summed E-state index contributed by atoms with van der Waals surface area (Å²) in [5.74, 6) is 0.0231. The van der Waals surface area contributed by atoms with E-state index in [2.05, 4.69) is 5.32 Å². The van der Waals surface area contributed by atoms with Crippen molar-refractivity contribution in [1.29, 1.82) is 5.41 Å². The van der Waals surface area contributed by atoms with Crippen molar-refractivity contribution in [1.82, 2.24) is 0 Å². The van der Waals surface area contributed by atoms with Gasteiger partial charge in [0.05, 0.1) is 5.75 Å². The number of benzene rings is 1. The predicted octanol–water partition coefficient (Wildman–Crippen LogP) is 2.29. The van der Waals surface area contributed by atoms with E-state index in [1.165, 1.54) is 0 Å². The zero-order valence-corrected chi connectivity index (χ0v) is 11.4. The zero-order chi connectivity index (χ0) is 12.1. The molecule has 6 heteroatoms. The average molecular weight is 274 g/mol. The molecule has 1 amide bonds. The Morgan fingerprint density at radius 2 is 2.12 bits per heavy atom. The molecule has 0 fully saturated rings. The number of anilines is 1. The van der Waals surface area contributed by atoms with E-state index in [0.717, 1.165) is 28.6 Å². The van der Waals surface area contributed by atoms with Crippen molar-refractivity contribution >= 4 is 40.9 Å². The Bertz CT molecular complexity index is 423. The summed E-state index contributed by atoms with van der Waals surface area (Å²) in [6.45, 7) is 3.95. The van der Waals surface area contributed by atoms with Crippen LogP contribution >= 0.6 is 24.2 Å². The van der Waals surface area contributed by atoms with Crippen molar-refractivity contribution < 1.29 is 4.79 Å². The fourth-order valence-electron chi connectivity index (χ4n) is 1.28. The maximum Gasteiger partial charge on any atom is 0.234 e. The number of hydrogen-bond donors (Lipinski definition) is 3. The molecule has 4 nitrogen and oxygen atoms in total. The molecule has 0 spiro atoms. The molecule has 0 aromatic heterocycles. The van der Waals surface area contributed by atoms with Gasteiger partial charge in [0.15, 0.2) is 5.17 Å². The Labute approximate surface area is 111 Å².